The van der Waals surface area contributed by atoms with E-state index in [1.54, 1.807) is 13.0 Å². The van der Waals surface area contributed by atoms with Crippen LogP contribution in [0.15, 0.2) is 69.9 Å². The first-order chi connectivity index (χ1) is 13.5. The number of nitrogens with one attached hydrogen (secondary N) is 1. The normalized spacial score (nSPS) is 10.9. The molecule has 0 bridgehead atoms. The molecular weight excluding hydrogens is 378 g/mol. The second-order valence-corrected chi connectivity index (χ2v) is 6.83. The van der Waals surface area contributed by atoms with E-state index in [0.29, 0.717) is 16.3 Å². The summed E-state index contributed by atoms with van der Waals surface area (Å²) in [5, 5.41) is 5.98. The molecule has 6 heteroatoms. The van der Waals surface area contributed by atoms with E-state index in [9.17, 15) is 9.59 Å². The lowest BCUT2D eigenvalue weighted by molar-refractivity contribution is -0.118. The molecule has 3 aromatic carbocycles. The fourth-order valence-electron chi connectivity index (χ4n) is 3.04. The number of rotatable bonds is 4. The highest BCUT2D eigenvalue weighted by Crippen LogP contribution is 2.31. The van der Waals surface area contributed by atoms with E-state index in [-0.39, 0.29) is 18.3 Å². The second kappa shape index (κ2) is 7.37. The van der Waals surface area contributed by atoms with Gasteiger partial charge in [0.1, 0.15) is 11.3 Å². The number of benzene rings is 3. The molecule has 1 amide bonds. The number of anilines is 1. The molecule has 0 spiro atoms. The van der Waals surface area contributed by atoms with E-state index < -0.39 is 5.63 Å². The lowest BCUT2D eigenvalue weighted by Gasteiger charge is -2.10. The van der Waals surface area contributed by atoms with Crippen molar-refractivity contribution in [1.82, 2.24) is 0 Å². The summed E-state index contributed by atoms with van der Waals surface area (Å²) in [4.78, 5) is 23.8. The molecule has 0 aliphatic heterocycles. The molecule has 5 nitrogen and oxygen atoms in total. The van der Waals surface area contributed by atoms with Crippen molar-refractivity contribution in [3.8, 4) is 5.75 Å². The molecule has 4 rings (SSSR count). The minimum absolute atomic E-state index is 0.228. The maximum Gasteiger partial charge on any atom is 0.336 e. The Kier molecular flexibility index (Phi) is 4.75. The third-order valence-electron chi connectivity index (χ3n) is 4.40. The molecule has 0 saturated carbocycles. The Balaban J connectivity index is 1.49. The van der Waals surface area contributed by atoms with Gasteiger partial charge in [-0.25, -0.2) is 4.79 Å². The molecule has 1 N–H and O–H groups in total. The van der Waals surface area contributed by atoms with Crippen LogP contribution in [-0.4, -0.2) is 12.5 Å². The van der Waals surface area contributed by atoms with Gasteiger partial charge < -0.3 is 14.5 Å². The van der Waals surface area contributed by atoms with E-state index >= 15 is 0 Å². The van der Waals surface area contributed by atoms with Crippen molar-refractivity contribution in [1.29, 1.82) is 0 Å². The quantitative estimate of drug-likeness (QED) is 0.499. The van der Waals surface area contributed by atoms with E-state index in [4.69, 9.17) is 20.8 Å². The first-order valence-corrected chi connectivity index (χ1v) is 9.03. The van der Waals surface area contributed by atoms with Gasteiger partial charge in [0.05, 0.1) is 5.02 Å². The number of aryl methyl sites for hydroxylation is 1. The number of carbonyl (C=O) groups excluding carboxylic acids is 1. The molecule has 1 heterocycles. The number of ether oxygens (including phenoxy) is 1. The summed E-state index contributed by atoms with van der Waals surface area (Å²) in [5.41, 5.74) is 1.35. The van der Waals surface area contributed by atoms with Crippen molar-refractivity contribution in [3.05, 3.63) is 81.7 Å². The minimum atomic E-state index is -0.452. The van der Waals surface area contributed by atoms with Gasteiger partial charge >= 0.3 is 5.63 Å². The van der Waals surface area contributed by atoms with Gasteiger partial charge in [-0.15, -0.1) is 0 Å². The standard InChI is InChI=1S/C22H16ClNO4/c1-13-8-22(26)28-19-11-20(18(23)10-17(13)19)27-12-21(25)24-16-7-6-14-4-2-3-5-15(14)9-16/h2-11H,12H2,1H3,(H,24,25). The Bertz CT molecular complexity index is 1260. The Labute approximate surface area is 165 Å². The molecule has 0 unspecified atom stereocenters. The SMILES string of the molecule is Cc1cc(=O)oc2cc(OCC(=O)Nc3ccc4ccccc4c3)c(Cl)cc12. The molecule has 0 radical (unpaired) electrons. The summed E-state index contributed by atoms with van der Waals surface area (Å²) < 4.78 is 10.7. The summed E-state index contributed by atoms with van der Waals surface area (Å²) >= 11 is 6.25. The average molecular weight is 394 g/mol. The fraction of sp³-hybridized carbons (Fsp3) is 0.0909. The topological polar surface area (TPSA) is 68.5 Å². The molecule has 0 fully saturated rings. The van der Waals surface area contributed by atoms with E-state index in [0.717, 1.165) is 21.7 Å². The number of hydrogen-bond donors (Lipinski definition) is 1. The number of amides is 1. The molecule has 28 heavy (non-hydrogen) atoms. The van der Waals surface area contributed by atoms with E-state index in [1.807, 2.05) is 42.5 Å². The Morgan fingerprint density at radius 2 is 1.86 bits per heavy atom. The average Bonchev–Trinajstić information content (AvgIpc) is 2.67. The van der Waals surface area contributed by atoms with Gasteiger partial charge in [0.25, 0.3) is 5.91 Å². The molecular formula is C22H16ClNO4. The van der Waals surface area contributed by atoms with Crippen LogP contribution in [0, 0.1) is 6.92 Å². The second-order valence-electron chi connectivity index (χ2n) is 6.43. The van der Waals surface area contributed by atoms with Crippen LogP contribution in [0.1, 0.15) is 5.56 Å². The third kappa shape index (κ3) is 3.70. The van der Waals surface area contributed by atoms with Crippen LogP contribution in [0.25, 0.3) is 21.7 Å². The van der Waals surface area contributed by atoms with E-state index in [2.05, 4.69) is 5.32 Å². The number of hydrogen-bond acceptors (Lipinski definition) is 4. The summed E-state index contributed by atoms with van der Waals surface area (Å²) in [7, 11) is 0. The van der Waals surface area contributed by atoms with Gasteiger partial charge in [0.15, 0.2) is 6.61 Å². The lowest BCUT2D eigenvalue weighted by Crippen LogP contribution is -2.20. The first kappa shape index (κ1) is 18.1. The van der Waals surface area contributed by atoms with Crippen LogP contribution in [0.3, 0.4) is 0 Å². The number of carbonyl (C=O) groups is 1. The zero-order valence-electron chi connectivity index (χ0n) is 15.0. The molecule has 0 aliphatic rings. The van der Waals surface area contributed by atoms with Crippen LogP contribution >= 0.6 is 11.6 Å². The minimum Gasteiger partial charge on any atom is -0.482 e. The van der Waals surface area contributed by atoms with Crippen LogP contribution in [0.4, 0.5) is 5.69 Å². The highest BCUT2D eigenvalue weighted by Gasteiger charge is 2.11. The van der Waals surface area contributed by atoms with Crippen LogP contribution in [0.5, 0.6) is 5.75 Å². The van der Waals surface area contributed by atoms with Crippen molar-refractivity contribution >= 4 is 44.9 Å². The van der Waals surface area contributed by atoms with Crippen LogP contribution in [-0.2, 0) is 4.79 Å². The van der Waals surface area contributed by atoms with Gasteiger partial charge in [-0.3, -0.25) is 4.79 Å². The Morgan fingerprint density at radius 3 is 2.68 bits per heavy atom. The van der Waals surface area contributed by atoms with Crippen molar-refractivity contribution in [3.63, 3.8) is 0 Å². The highest BCUT2D eigenvalue weighted by atomic mass is 35.5. The van der Waals surface area contributed by atoms with Gasteiger partial charge in [-0.05, 0) is 41.5 Å². The third-order valence-corrected chi connectivity index (χ3v) is 4.69. The van der Waals surface area contributed by atoms with Crippen molar-refractivity contribution in [2.45, 2.75) is 6.92 Å². The molecule has 0 aliphatic carbocycles. The van der Waals surface area contributed by atoms with Crippen LogP contribution in [0.2, 0.25) is 5.02 Å². The van der Waals surface area contributed by atoms with Gasteiger partial charge in [0.2, 0.25) is 0 Å². The number of fused-ring (bicyclic) bond motifs is 2. The molecule has 1 aromatic heterocycles. The monoisotopic (exact) mass is 393 g/mol. The molecule has 140 valence electrons. The van der Waals surface area contributed by atoms with Gasteiger partial charge in [0, 0.05) is 23.2 Å². The van der Waals surface area contributed by atoms with Gasteiger partial charge in [-0.1, -0.05) is 41.9 Å². The maximum absolute atomic E-state index is 12.3. The number of halogens is 1. The van der Waals surface area contributed by atoms with Crippen molar-refractivity contribution in [2.75, 3.05) is 11.9 Å². The lowest BCUT2D eigenvalue weighted by atomic mass is 10.1. The van der Waals surface area contributed by atoms with Crippen LogP contribution < -0.4 is 15.7 Å². The Morgan fingerprint density at radius 1 is 1.07 bits per heavy atom. The molecule has 4 aromatic rings. The summed E-state index contributed by atoms with van der Waals surface area (Å²) in [6, 6.07) is 18.1. The molecule has 0 saturated heterocycles. The highest BCUT2D eigenvalue weighted by molar-refractivity contribution is 6.32. The predicted octanol–water partition coefficient (Wildman–Crippen LogP) is 4.93. The van der Waals surface area contributed by atoms with E-state index in [1.165, 1.54) is 12.1 Å². The fourth-order valence-corrected chi connectivity index (χ4v) is 3.26. The van der Waals surface area contributed by atoms with Crippen molar-refractivity contribution in [2.24, 2.45) is 0 Å². The van der Waals surface area contributed by atoms with Crippen molar-refractivity contribution < 1.29 is 13.9 Å². The summed E-state index contributed by atoms with van der Waals surface area (Å²) in [5.74, 6) is -0.0475. The van der Waals surface area contributed by atoms with Gasteiger partial charge in [-0.2, -0.15) is 0 Å². The predicted molar refractivity (Wildman–Crippen MR) is 110 cm³/mol. The largest absolute Gasteiger partial charge is 0.482 e. The summed E-state index contributed by atoms with van der Waals surface area (Å²) in [6.07, 6.45) is 0. The zero-order chi connectivity index (χ0) is 19.7. The zero-order valence-corrected chi connectivity index (χ0v) is 15.7. The Hall–Kier alpha value is -3.31. The smallest absolute Gasteiger partial charge is 0.336 e. The maximum atomic E-state index is 12.3. The molecule has 0 atom stereocenters. The summed E-state index contributed by atoms with van der Waals surface area (Å²) in [6.45, 7) is 1.57. The first-order valence-electron chi connectivity index (χ1n) is 8.65.